The van der Waals surface area contributed by atoms with Crippen LogP contribution in [0.4, 0.5) is 0 Å². The van der Waals surface area contributed by atoms with E-state index in [-0.39, 0.29) is 84.4 Å². The normalized spacial score (nSPS) is 13.0. The number of ether oxygens (including phenoxy) is 4. The number of hydrogen-bond acceptors (Lipinski definition) is 8. The van der Waals surface area contributed by atoms with E-state index < -0.39 is 13.8 Å². The topological polar surface area (TPSA) is 124 Å². The van der Waals surface area contributed by atoms with Crippen molar-refractivity contribution in [1.82, 2.24) is 0 Å². The Morgan fingerprint density at radius 2 is 1.41 bits per heavy atom. The van der Waals surface area contributed by atoms with E-state index in [1.165, 1.54) is 0 Å². The van der Waals surface area contributed by atoms with Crippen LogP contribution in [-0.2, 0) is 32.8 Å². The summed E-state index contributed by atoms with van der Waals surface area (Å²) >= 11 is 0. The van der Waals surface area contributed by atoms with Crippen molar-refractivity contribution in [3.63, 3.8) is 0 Å². The van der Waals surface area contributed by atoms with Crippen molar-refractivity contribution < 1.29 is 94.0 Å². The Labute approximate surface area is 171 Å². The quantitative estimate of drug-likeness (QED) is 0.109. The molecule has 0 saturated heterocycles. The molecule has 0 aromatic carbocycles. The monoisotopic (exact) mass is 366 g/mol. The van der Waals surface area contributed by atoms with E-state index in [9.17, 15) is 14.3 Å². The van der Waals surface area contributed by atoms with Gasteiger partial charge in [-0.25, -0.2) is 4.79 Å². The molecule has 0 heterocycles. The summed E-state index contributed by atoms with van der Waals surface area (Å²) in [5.41, 5.74) is 0. The molecule has 0 radical (unpaired) electrons. The average Bonchev–Trinajstić information content (AvgIpc) is 2.42. The van der Waals surface area contributed by atoms with Gasteiger partial charge in [-0.15, -0.1) is 0 Å². The summed E-state index contributed by atoms with van der Waals surface area (Å²) in [4.78, 5) is 29.1. The van der Waals surface area contributed by atoms with Crippen LogP contribution in [0.5, 0.6) is 0 Å². The largest absolute Gasteiger partial charge is 1.00 e. The molecule has 0 spiro atoms. The summed E-state index contributed by atoms with van der Waals surface area (Å²) in [7, 11) is -4.67. The molecule has 0 aliphatic rings. The molecule has 22 heavy (non-hydrogen) atoms. The van der Waals surface area contributed by atoms with Crippen LogP contribution >= 0.6 is 7.82 Å². The Hall–Kier alpha value is 0.836. The van der Waals surface area contributed by atoms with Gasteiger partial charge in [0.25, 0.3) is 7.82 Å². The minimum Gasteiger partial charge on any atom is -0.756 e. The Morgan fingerprint density at radius 3 is 1.82 bits per heavy atom. The molecule has 0 fully saturated rings. The number of phosphoric ester groups is 1. The van der Waals surface area contributed by atoms with Gasteiger partial charge in [-0.3, -0.25) is 4.57 Å². The molecule has 0 aromatic rings. The smallest absolute Gasteiger partial charge is 0.756 e. The zero-order valence-electron chi connectivity index (χ0n) is 12.6. The number of phosphoric acid groups is 1. The molecular weight excluding hydrogens is 346 g/mol. The fourth-order valence-electron chi connectivity index (χ4n) is 1.01. The Bertz CT molecular complexity index is 334. The summed E-state index contributed by atoms with van der Waals surface area (Å²) in [6.45, 7) is 4.72. The van der Waals surface area contributed by atoms with Crippen LogP contribution in [0.2, 0.25) is 0 Å². The molecule has 0 aromatic heterocycles. The molecule has 1 atom stereocenters. The molecule has 0 amide bonds. The van der Waals surface area contributed by atoms with Gasteiger partial charge in [0.1, 0.15) is 6.61 Å². The van der Waals surface area contributed by atoms with Gasteiger partial charge in [0, 0.05) is 6.08 Å². The second-order valence-electron chi connectivity index (χ2n) is 3.51. The average molecular weight is 366 g/mol. The van der Waals surface area contributed by atoms with E-state index in [1.54, 1.807) is 0 Å². The third-order valence-electron chi connectivity index (χ3n) is 1.86. The van der Waals surface area contributed by atoms with Gasteiger partial charge in [0.05, 0.1) is 46.2 Å². The fraction of sp³-hybridized carbons (Fsp3) is 0.727. The minimum atomic E-state index is -4.67. The molecular formula is C11H20KO9P. The van der Waals surface area contributed by atoms with Crippen LogP contribution in [0.25, 0.3) is 0 Å². The summed E-state index contributed by atoms with van der Waals surface area (Å²) < 4.78 is 34.2. The second kappa shape index (κ2) is 16.7. The van der Waals surface area contributed by atoms with E-state index in [0.29, 0.717) is 19.8 Å². The molecule has 1 unspecified atom stereocenters. The van der Waals surface area contributed by atoms with E-state index in [1.807, 2.05) is 0 Å². The van der Waals surface area contributed by atoms with E-state index in [4.69, 9.17) is 19.1 Å². The van der Waals surface area contributed by atoms with Crippen molar-refractivity contribution in [2.75, 3.05) is 52.9 Å². The fourth-order valence-corrected chi connectivity index (χ4v) is 1.32. The maximum atomic E-state index is 10.7. The third kappa shape index (κ3) is 20.8. The van der Waals surface area contributed by atoms with Crippen LogP contribution in [-0.4, -0.2) is 63.7 Å². The first-order valence-electron chi connectivity index (χ1n) is 6.16. The predicted octanol–water partition coefficient (Wildman–Crippen LogP) is -3.75. The predicted molar refractivity (Wildman–Crippen MR) is 69.4 cm³/mol. The maximum absolute atomic E-state index is 10.7. The van der Waals surface area contributed by atoms with E-state index in [2.05, 4.69) is 15.8 Å². The summed E-state index contributed by atoms with van der Waals surface area (Å²) in [5, 5.41) is 0. The van der Waals surface area contributed by atoms with Gasteiger partial charge < -0.3 is 33.3 Å². The van der Waals surface area contributed by atoms with Gasteiger partial charge in [0.2, 0.25) is 0 Å². The molecule has 0 bridgehead atoms. The van der Waals surface area contributed by atoms with Gasteiger partial charge >= 0.3 is 57.4 Å². The van der Waals surface area contributed by atoms with Crippen LogP contribution in [0, 0.1) is 0 Å². The van der Waals surface area contributed by atoms with Gasteiger partial charge in [-0.05, 0) is 0 Å². The minimum absolute atomic E-state index is 0. The van der Waals surface area contributed by atoms with Crippen molar-refractivity contribution in [2.24, 2.45) is 0 Å². The van der Waals surface area contributed by atoms with Crippen molar-refractivity contribution in [3.05, 3.63) is 12.7 Å². The van der Waals surface area contributed by atoms with E-state index >= 15 is 0 Å². The molecule has 11 heteroatoms. The first-order chi connectivity index (χ1) is 9.95. The molecule has 0 aliphatic heterocycles. The van der Waals surface area contributed by atoms with Gasteiger partial charge in [-0.2, -0.15) is 0 Å². The zero-order chi connectivity index (χ0) is 16.0. The van der Waals surface area contributed by atoms with Gasteiger partial charge in [-0.1, -0.05) is 6.58 Å². The van der Waals surface area contributed by atoms with Crippen molar-refractivity contribution in [1.29, 1.82) is 0 Å². The second-order valence-corrected chi connectivity index (χ2v) is 4.71. The number of carbonyl (C=O) groups is 1. The number of esters is 1. The van der Waals surface area contributed by atoms with Crippen LogP contribution in [0.3, 0.4) is 0 Å². The molecule has 9 nitrogen and oxygen atoms in total. The summed E-state index contributed by atoms with van der Waals surface area (Å²) in [6, 6.07) is 0. The first kappa shape index (κ1) is 25.1. The maximum Gasteiger partial charge on any atom is 1.00 e. The summed E-state index contributed by atoms with van der Waals surface area (Å²) in [6.07, 6.45) is 1.07. The molecule has 124 valence electrons. The molecule has 0 saturated carbocycles. The third-order valence-corrected chi connectivity index (χ3v) is 2.37. The van der Waals surface area contributed by atoms with E-state index in [0.717, 1.165) is 6.08 Å². The van der Waals surface area contributed by atoms with Crippen LogP contribution in [0.15, 0.2) is 12.7 Å². The van der Waals surface area contributed by atoms with Crippen LogP contribution in [0.1, 0.15) is 0 Å². The van der Waals surface area contributed by atoms with Gasteiger partial charge in [0.15, 0.2) is 0 Å². The SMILES string of the molecule is C=CC(=O)OCCOCCOCCOCCOP(=O)([O-])O.[K+]. The zero-order valence-corrected chi connectivity index (χ0v) is 16.6. The molecule has 0 rings (SSSR count). The van der Waals surface area contributed by atoms with Crippen molar-refractivity contribution in [3.8, 4) is 0 Å². The molecule has 0 aliphatic carbocycles. The number of hydrogen-bond donors (Lipinski definition) is 1. The number of rotatable bonds is 14. The Balaban J connectivity index is 0. The standard InChI is InChI=1S/C11H21O9P.K/c1-2-11(12)19-9-7-17-5-3-16-4-6-18-8-10-20-21(13,14)15;/h2H,1,3-10H2,(H2,13,14,15);/q;+1/p-1. The Kier molecular flexibility index (Phi) is 19.0. The van der Waals surface area contributed by atoms with Crippen LogP contribution < -0.4 is 56.3 Å². The summed E-state index contributed by atoms with van der Waals surface area (Å²) in [5.74, 6) is -0.495. The van der Waals surface area contributed by atoms with Crippen molar-refractivity contribution in [2.45, 2.75) is 0 Å². The molecule has 1 N–H and O–H groups in total. The first-order valence-corrected chi connectivity index (χ1v) is 7.66. The number of carbonyl (C=O) groups excluding carboxylic acids is 1. The van der Waals surface area contributed by atoms with Crippen molar-refractivity contribution >= 4 is 13.8 Å². The Morgan fingerprint density at radius 1 is 1.00 bits per heavy atom.